The lowest BCUT2D eigenvalue weighted by Crippen LogP contribution is -2.31. The van der Waals surface area contributed by atoms with Crippen LogP contribution in [0.15, 0.2) is 0 Å². The molecule has 0 aromatic rings. The van der Waals surface area contributed by atoms with E-state index in [1.54, 1.807) is 0 Å². The van der Waals surface area contributed by atoms with E-state index in [4.69, 9.17) is 9.47 Å². The smallest absolute Gasteiger partial charge is 0.341 e. The van der Waals surface area contributed by atoms with Crippen molar-refractivity contribution in [2.24, 2.45) is 0 Å². The monoisotopic (exact) mass is 198 g/mol. The molecule has 2 aliphatic rings. The maximum atomic E-state index is 11.7. The van der Waals surface area contributed by atoms with E-state index in [1.807, 2.05) is 13.8 Å². The summed E-state index contributed by atoms with van der Waals surface area (Å²) < 4.78 is 10.7. The quantitative estimate of drug-likeness (QED) is 0.503. The lowest BCUT2D eigenvalue weighted by Gasteiger charge is -2.22. The summed E-state index contributed by atoms with van der Waals surface area (Å²) in [5, 5.41) is 0. The fourth-order valence-electron chi connectivity index (χ4n) is 2.00. The predicted molar refractivity (Wildman–Crippen MR) is 51.9 cm³/mol. The Morgan fingerprint density at radius 2 is 1.93 bits per heavy atom. The molecule has 3 heteroatoms. The van der Waals surface area contributed by atoms with Crippen molar-refractivity contribution in [1.82, 2.24) is 0 Å². The first kappa shape index (κ1) is 9.97. The minimum Gasteiger partial charge on any atom is -0.460 e. The second kappa shape index (κ2) is 3.54. The molecule has 1 saturated carbocycles. The van der Waals surface area contributed by atoms with Crippen LogP contribution in [0.3, 0.4) is 0 Å². The second-order valence-corrected chi connectivity index (χ2v) is 4.53. The van der Waals surface area contributed by atoms with Crippen LogP contribution in [0.5, 0.6) is 0 Å². The molecule has 1 aliphatic carbocycles. The van der Waals surface area contributed by atoms with E-state index in [1.165, 1.54) is 19.3 Å². The third kappa shape index (κ3) is 1.78. The van der Waals surface area contributed by atoms with Crippen LogP contribution in [0, 0.1) is 0 Å². The number of carbonyl (C=O) groups is 1. The molecule has 80 valence electrons. The van der Waals surface area contributed by atoms with Crippen LogP contribution in [-0.4, -0.2) is 23.8 Å². The van der Waals surface area contributed by atoms with Gasteiger partial charge in [0, 0.05) is 0 Å². The Bertz CT molecular complexity index is 233. The van der Waals surface area contributed by atoms with Crippen LogP contribution in [0.2, 0.25) is 0 Å². The Balaban J connectivity index is 1.82. The highest BCUT2D eigenvalue weighted by Gasteiger charge is 2.57. The number of hydrogen-bond acceptors (Lipinski definition) is 3. The Labute approximate surface area is 84.8 Å². The summed E-state index contributed by atoms with van der Waals surface area (Å²) in [5.74, 6) is -0.170. The molecule has 0 bridgehead atoms. The molecule has 0 amide bonds. The fraction of sp³-hybridized carbons (Fsp3) is 0.909. The topological polar surface area (TPSA) is 38.8 Å². The van der Waals surface area contributed by atoms with Gasteiger partial charge < -0.3 is 9.47 Å². The highest BCUT2D eigenvalue weighted by Crippen LogP contribution is 2.37. The Hall–Kier alpha value is -0.570. The highest BCUT2D eigenvalue weighted by atomic mass is 16.7. The molecule has 1 aliphatic heterocycles. The van der Waals surface area contributed by atoms with E-state index >= 15 is 0 Å². The van der Waals surface area contributed by atoms with Gasteiger partial charge in [-0.05, 0) is 39.5 Å². The van der Waals surface area contributed by atoms with E-state index in [0.29, 0.717) is 0 Å². The van der Waals surface area contributed by atoms with Crippen LogP contribution < -0.4 is 0 Å². The molecule has 0 aromatic carbocycles. The summed E-state index contributed by atoms with van der Waals surface area (Å²) in [6.45, 7) is 3.71. The van der Waals surface area contributed by atoms with Gasteiger partial charge in [0.05, 0.1) is 6.10 Å². The van der Waals surface area contributed by atoms with Gasteiger partial charge in [0.2, 0.25) is 0 Å². The summed E-state index contributed by atoms with van der Waals surface area (Å²) >= 11 is 0. The molecule has 0 N–H and O–H groups in total. The standard InChI is InChI=1S/C11H18O3/c1-8-11(2,14-8)10(12)13-9-6-4-3-5-7-9/h8-9H,3-7H2,1-2H3. The first-order valence-electron chi connectivity index (χ1n) is 5.52. The summed E-state index contributed by atoms with van der Waals surface area (Å²) in [6.07, 6.45) is 5.86. The van der Waals surface area contributed by atoms with E-state index in [9.17, 15) is 4.79 Å². The second-order valence-electron chi connectivity index (χ2n) is 4.53. The van der Waals surface area contributed by atoms with Crippen LogP contribution in [0.4, 0.5) is 0 Å². The van der Waals surface area contributed by atoms with Crippen molar-refractivity contribution in [2.45, 2.75) is 63.8 Å². The number of ether oxygens (including phenoxy) is 2. The maximum absolute atomic E-state index is 11.7. The van der Waals surface area contributed by atoms with Crippen molar-refractivity contribution in [3.05, 3.63) is 0 Å². The predicted octanol–water partition coefficient (Wildman–Crippen LogP) is 2.04. The van der Waals surface area contributed by atoms with E-state index < -0.39 is 5.60 Å². The zero-order chi connectivity index (χ0) is 10.2. The van der Waals surface area contributed by atoms with Crippen LogP contribution >= 0.6 is 0 Å². The number of carbonyl (C=O) groups excluding carboxylic acids is 1. The van der Waals surface area contributed by atoms with Gasteiger partial charge in [-0.25, -0.2) is 4.79 Å². The van der Waals surface area contributed by atoms with Gasteiger partial charge in [-0.3, -0.25) is 0 Å². The van der Waals surface area contributed by atoms with Crippen LogP contribution in [0.25, 0.3) is 0 Å². The van der Waals surface area contributed by atoms with Gasteiger partial charge in [0.25, 0.3) is 0 Å². The van der Waals surface area contributed by atoms with Gasteiger partial charge >= 0.3 is 5.97 Å². The lowest BCUT2D eigenvalue weighted by molar-refractivity contribution is -0.156. The molecular weight excluding hydrogens is 180 g/mol. The third-order valence-corrected chi connectivity index (χ3v) is 3.37. The fourth-order valence-corrected chi connectivity index (χ4v) is 2.00. The highest BCUT2D eigenvalue weighted by molar-refractivity contribution is 5.82. The Morgan fingerprint density at radius 3 is 2.43 bits per heavy atom. The average Bonchev–Trinajstić information content (AvgIpc) is 2.78. The first-order valence-corrected chi connectivity index (χ1v) is 5.52. The molecule has 0 aromatic heterocycles. The number of hydrogen-bond donors (Lipinski definition) is 0. The zero-order valence-electron chi connectivity index (χ0n) is 8.91. The molecule has 3 nitrogen and oxygen atoms in total. The Morgan fingerprint density at radius 1 is 1.36 bits per heavy atom. The normalized spacial score (nSPS) is 38.0. The molecule has 2 unspecified atom stereocenters. The van der Waals surface area contributed by atoms with Crippen LogP contribution in [0.1, 0.15) is 46.0 Å². The van der Waals surface area contributed by atoms with Crippen molar-refractivity contribution in [1.29, 1.82) is 0 Å². The van der Waals surface area contributed by atoms with Crippen LogP contribution in [-0.2, 0) is 14.3 Å². The molecular formula is C11H18O3. The Kier molecular flexibility index (Phi) is 2.52. The van der Waals surface area contributed by atoms with Gasteiger partial charge in [0.15, 0.2) is 5.60 Å². The summed E-state index contributed by atoms with van der Waals surface area (Å²) in [5.41, 5.74) is -0.641. The molecule has 0 spiro atoms. The number of rotatable bonds is 2. The zero-order valence-corrected chi connectivity index (χ0v) is 8.91. The first-order chi connectivity index (χ1) is 6.63. The van der Waals surface area contributed by atoms with Gasteiger partial charge in [-0.1, -0.05) is 6.42 Å². The average molecular weight is 198 g/mol. The van der Waals surface area contributed by atoms with Crippen molar-refractivity contribution in [2.75, 3.05) is 0 Å². The lowest BCUT2D eigenvalue weighted by atomic mass is 9.97. The van der Waals surface area contributed by atoms with Gasteiger partial charge in [-0.15, -0.1) is 0 Å². The van der Waals surface area contributed by atoms with Crippen molar-refractivity contribution >= 4 is 5.97 Å². The largest absolute Gasteiger partial charge is 0.460 e. The summed E-state index contributed by atoms with van der Waals surface area (Å²) in [4.78, 5) is 11.7. The third-order valence-electron chi connectivity index (χ3n) is 3.37. The number of epoxide rings is 1. The minimum absolute atomic E-state index is 0.0265. The minimum atomic E-state index is -0.641. The molecule has 2 atom stereocenters. The summed E-state index contributed by atoms with van der Waals surface area (Å²) in [6, 6.07) is 0. The van der Waals surface area contributed by atoms with Crippen molar-refractivity contribution < 1.29 is 14.3 Å². The van der Waals surface area contributed by atoms with E-state index in [2.05, 4.69) is 0 Å². The van der Waals surface area contributed by atoms with E-state index in [-0.39, 0.29) is 18.2 Å². The summed E-state index contributed by atoms with van der Waals surface area (Å²) in [7, 11) is 0. The SMILES string of the molecule is CC1OC1(C)C(=O)OC1CCCCC1. The van der Waals surface area contributed by atoms with Crippen molar-refractivity contribution in [3.63, 3.8) is 0 Å². The van der Waals surface area contributed by atoms with Gasteiger partial charge in [-0.2, -0.15) is 0 Å². The molecule has 2 fully saturated rings. The molecule has 2 rings (SSSR count). The molecule has 1 heterocycles. The number of esters is 1. The maximum Gasteiger partial charge on any atom is 0.341 e. The van der Waals surface area contributed by atoms with Crippen molar-refractivity contribution in [3.8, 4) is 0 Å². The van der Waals surface area contributed by atoms with Gasteiger partial charge in [0.1, 0.15) is 6.10 Å². The molecule has 14 heavy (non-hydrogen) atoms. The molecule has 1 saturated heterocycles. The van der Waals surface area contributed by atoms with E-state index in [0.717, 1.165) is 12.8 Å². The molecule has 0 radical (unpaired) electrons.